The van der Waals surface area contributed by atoms with E-state index in [2.05, 4.69) is 22.4 Å². The average Bonchev–Trinajstić information content (AvgIpc) is 3.21. The molecule has 3 rings (SSSR count). The highest BCUT2D eigenvalue weighted by atomic mass is 16.5. The van der Waals surface area contributed by atoms with Gasteiger partial charge in [-0.25, -0.2) is 0 Å². The summed E-state index contributed by atoms with van der Waals surface area (Å²) in [7, 11) is 0. The Kier molecular flexibility index (Phi) is 7.18. The van der Waals surface area contributed by atoms with Gasteiger partial charge in [0, 0.05) is 18.5 Å². The van der Waals surface area contributed by atoms with Crippen molar-refractivity contribution in [3.8, 4) is 17.1 Å². The molecule has 3 aromatic rings. The number of unbranched alkanes of at least 4 members (excludes halogenated alkanes) is 1. The fourth-order valence-electron chi connectivity index (χ4n) is 2.69. The molecule has 1 aromatic heterocycles. The first-order valence-corrected chi connectivity index (χ1v) is 9.61. The maximum absolute atomic E-state index is 11.9. The molecule has 0 aliphatic carbocycles. The first kappa shape index (κ1) is 19.6. The van der Waals surface area contributed by atoms with Crippen molar-refractivity contribution in [1.82, 2.24) is 15.5 Å². The summed E-state index contributed by atoms with van der Waals surface area (Å²) >= 11 is 0. The smallest absolute Gasteiger partial charge is 0.257 e. The van der Waals surface area contributed by atoms with E-state index in [0.717, 1.165) is 31.2 Å². The third-order valence-corrected chi connectivity index (χ3v) is 4.27. The largest absolute Gasteiger partial charge is 0.484 e. The fraction of sp³-hybridized carbons (Fsp3) is 0.318. The first-order valence-electron chi connectivity index (χ1n) is 9.61. The number of aryl methyl sites for hydroxylation is 1. The highest BCUT2D eigenvalue weighted by Crippen LogP contribution is 2.20. The van der Waals surface area contributed by atoms with Crippen LogP contribution in [-0.2, 0) is 17.6 Å². The lowest BCUT2D eigenvalue weighted by Crippen LogP contribution is -2.30. The molecule has 0 aliphatic heterocycles. The molecule has 28 heavy (non-hydrogen) atoms. The SMILES string of the molecule is CCCCc1nc(-c2ccc(OCC(=O)NCCc3ccccc3)cc2)no1. The van der Waals surface area contributed by atoms with Crippen LogP contribution in [-0.4, -0.2) is 29.2 Å². The van der Waals surface area contributed by atoms with Crippen LogP contribution in [0.25, 0.3) is 11.4 Å². The van der Waals surface area contributed by atoms with Crippen LogP contribution in [0.2, 0.25) is 0 Å². The Balaban J connectivity index is 1.42. The normalized spacial score (nSPS) is 10.6. The van der Waals surface area contributed by atoms with Gasteiger partial charge in [-0.1, -0.05) is 48.8 Å². The summed E-state index contributed by atoms with van der Waals surface area (Å²) in [5.74, 6) is 1.70. The number of amides is 1. The van der Waals surface area contributed by atoms with E-state index in [1.165, 1.54) is 5.56 Å². The maximum atomic E-state index is 11.9. The van der Waals surface area contributed by atoms with Gasteiger partial charge in [-0.05, 0) is 42.7 Å². The second-order valence-corrected chi connectivity index (χ2v) is 6.51. The molecule has 0 unspecified atom stereocenters. The Labute approximate surface area is 164 Å². The molecule has 6 nitrogen and oxygen atoms in total. The summed E-state index contributed by atoms with van der Waals surface area (Å²) in [6, 6.07) is 17.4. The monoisotopic (exact) mass is 379 g/mol. The molecule has 0 radical (unpaired) electrons. The first-order chi connectivity index (χ1) is 13.7. The molecule has 146 valence electrons. The second kappa shape index (κ2) is 10.3. The topological polar surface area (TPSA) is 77.2 Å². The van der Waals surface area contributed by atoms with Crippen molar-refractivity contribution in [1.29, 1.82) is 0 Å². The molecule has 0 bridgehead atoms. The van der Waals surface area contributed by atoms with Crippen LogP contribution in [0.5, 0.6) is 5.75 Å². The molecule has 1 N–H and O–H groups in total. The van der Waals surface area contributed by atoms with Gasteiger partial charge in [-0.3, -0.25) is 4.79 Å². The third kappa shape index (κ3) is 5.94. The van der Waals surface area contributed by atoms with Crippen LogP contribution < -0.4 is 10.1 Å². The van der Waals surface area contributed by atoms with Crippen molar-refractivity contribution in [3.63, 3.8) is 0 Å². The lowest BCUT2D eigenvalue weighted by Gasteiger charge is -2.08. The van der Waals surface area contributed by atoms with E-state index in [-0.39, 0.29) is 12.5 Å². The van der Waals surface area contributed by atoms with E-state index in [0.29, 0.717) is 24.0 Å². The van der Waals surface area contributed by atoms with E-state index in [1.54, 1.807) is 12.1 Å². The van der Waals surface area contributed by atoms with Crippen molar-refractivity contribution < 1.29 is 14.1 Å². The Morgan fingerprint density at radius 1 is 1.07 bits per heavy atom. The molecule has 0 saturated carbocycles. The van der Waals surface area contributed by atoms with Crippen molar-refractivity contribution in [2.24, 2.45) is 0 Å². The lowest BCUT2D eigenvalue weighted by atomic mass is 10.1. The molecule has 0 fully saturated rings. The van der Waals surface area contributed by atoms with E-state index >= 15 is 0 Å². The maximum Gasteiger partial charge on any atom is 0.257 e. The number of rotatable bonds is 10. The molecule has 1 heterocycles. The number of carbonyl (C=O) groups is 1. The predicted molar refractivity (Wildman–Crippen MR) is 107 cm³/mol. The summed E-state index contributed by atoms with van der Waals surface area (Å²) in [6.07, 6.45) is 3.71. The number of hydrogen-bond acceptors (Lipinski definition) is 5. The van der Waals surface area contributed by atoms with Crippen molar-refractivity contribution in [2.45, 2.75) is 32.6 Å². The zero-order valence-corrected chi connectivity index (χ0v) is 16.1. The van der Waals surface area contributed by atoms with E-state index in [9.17, 15) is 4.79 Å². The zero-order chi connectivity index (χ0) is 19.6. The fourth-order valence-corrected chi connectivity index (χ4v) is 2.69. The van der Waals surface area contributed by atoms with Gasteiger partial charge in [-0.2, -0.15) is 4.98 Å². The molecule has 0 aliphatic rings. The molecule has 1 amide bonds. The van der Waals surface area contributed by atoms with Crippen molar-refractivity contribution in [3.05, 3.63) is 66.1 Å². The van der Waals surface area contributed by atoms with Crippen LogP contribution >= 0.6 is 0 Å². The zero-order valence-electron chi connectivity index (χ0n) is 16.1. The van der Waals surface area contributed by atoms with Crippen LogP contribution in [0.4, 0.5) is 0 Å². The number of carbonyl (C=O) groups excluding carboxylic acids is 1. The Morgan fingerprint density at radius 2 is 1.86 bits per heavy atom. The van der Waals surface area contributed by atoms with Crippen LogP contribution in [0.15, 0.2) is 59.1 Å². The average molecular weight is 379 g/mol. The summed E-state index contributed by atoms with van der Waals surface area (Å²) in [4.78, 5) is 16.3. The number of nitrogens with one attached hydrogen (secondary N) is 1. The molecular formula is C22H25N3O3. The molecule has 2 aromatic carbocycles. The van der Waals surface area contributed by atoms with Gasteiger partial charge in [0.2, 0.25) is 11.7 Å². The lowest BCUT2D eigenvalue weighted by molar-refractivity contribution is -0.123. The van der Waals surface area contributed by atoms with Gasteiger partial charge < -0.3 is 14.6 Å². The molecule has 0 saturated heterocycles. The second-order valence-electron chi connectivity index (χ2n) is 6.51. The Morgan fingerprint density at radius 3 is 2.61 bits per heavy atom. The molecular weight excluding hydrogens is 354 g/mol. The van der Waals surface area contributed by atoms with Crippen molar-refractivity contribution >= 4 is 5.91 Å². The van der Waals surface area contributed by atoms with E-state index < -0.39 is 0 Å². The third-order valence-electron chi connectivity index (χ3n) is 4.27. The molecule has 6 heteroatoms. The minimum Gasteiger partial charge on any atom is -0.484 e. The van der Waals surface area contributed by atoms with E-state index in [1.807, 2.05) is 42.5 Å². The van der Waals surface area contributed by atoms with Gasteiger partial charge in [0.1, 0.15) is 5.75 Å². The highest BCUT2D eigenvalue weighted by Gasteiger charge is 2.09. The number of aromatic nitrogens is 2. The van der Waals surface area contributed by atoms with Gasteiger partial charge in [-0.15, -0.1) is 0 Å². The molecule has 0 spiro atoms. The predicted octanol–water partition coefficient (Wildman–Crippen LogP) is 3.82. The van der Waals surface area contributed by atoms with Crippen LogP contribution in [0.3, 0.4) is 0 Å². The van der Waals surface area contributed by atoms with Crippen LogP contribution in [0, 0.1) is 0 Å². The minimum atomic E-state index is -0.140. The highest BCUT2D eigenvalue weighted by molar-refractivity contribution is 5.77. The summed E-state index contributed by atoms with van der Waals surface area (Å²) in [5, 5.41) is 6.87. The quantitative estimate of drug-likeness (QED) is 0.579. The standard InChI is InChI=1S/C22H25N3O3/c1-2-3-9-21-24-22(25-28-21)18-10-12-19(13-11-18)27-16-20(26)23-15-14-17-7-5-4-6-8-17/h4-8,10-13H,2-3,9,14-16H2,1H3,(H,23,26). The number of ether oxygens (including phenoxy) is 1. The Hall–Kier alpha value is -3.15. The van der Waals surface area contributed by atoms with Gasteiger partial charge in [0.05, 0.1) is 0 Å². The molecule has 0 atom stereocenters. The minimum absolute atomic E-state index is 0.0164. The van der Waals surface area contributed by atoms with Crippen molar-refractivity contribution in [2.75, 3.05) is 13.2 Å². The van der Waals surface area contributed by atoms with E-state index in [4.69, 9.17) is 9.26 Å². The number of nitrogens with zero attached hydrogens (tertiary/aromatic N) is 2. The van der Waals surface area contributed by atoms with Crippen LogP contribution in [0.1, 0.15) is 31.2 Å². The summed E-state index contributed by atoms with van der Waals surface area (Å²) in [6.45, 7) is 2.69. The van der Waals surface area contributed by atoms with Gasteiger partial charge >= 0.3 is 0 Å². The Bertz CT molecular complexity index is 860. The summed E-state index contributed by atoms with van der Waals surface area (Å²) < 4.78 is 10.8. The van der Waals surface area contributed by atoms with Gasteiger partial charge in [0.25, 0.3) is 5.91 Å². The van der Waals surface area contributed by atoms with Gasteiger partial charge in [0.15, 0.2) is 6.61 Å². The number of hydrogen-bond donors (Lipinski definition) is 1. The number of benzene rings is 2. The summed E-state index contributed by atoms with van der Waals surface area (Å²) in [5.41, 5.74) is 2.05.